The van der Waals surface area contributed by atoms with E-state index in [2.05, 4.69) is 4.90 Å². The lowest BCUT2D eigenvalue weighted by Gasteiger charge is -2.31. The minimum atomic E-state index is -0.276. The Morgan fingerprint density at radius 2 is 1.66 bits per heavy atom. The summed E-state index contributed by atoms with van der Waals surface area (Å²) in [5, 5.41) is 6.36. The van der Waals surface area contributed by atoms with E-state index in [-0.39, 0.29) is 24.4 Å². The smallest absolute Gasteiger partial charge is 0.262 e. The third kappa shape index (κ3) is 6.93. The topological polar surface area (TPSA) is 83.9 Å². The molecule has 9 heteroatoms. The van der Waals surface area contributed by atoms with Crippen LogP contribution in [0.25, 0.3) is 0 Å². The molecule has 1 atom stereocenters. The van der Waals surface area contributed by atoms with Crippen molar-refractivity contribution in [2.45, 2.75) is 12.5 Å². The van der Waals surface area contributed by atoms with Gasteiger partial charge in [-0.1, -0.05) is 42.5 Å². The minimum absolute atomic E-state index is 0.0899. The Labute approximate surface area is 240 Å². The van der Waals surface area contributed by atoms with Crippen LogP contribution in [0.2, 0.25) is 0 Å². The molecule has 9 nitrogen and oxygen atoms in total. The number of benzene rings is 3. The van der Waals surface area contributed by atoms with E-state index in [4.69, 9.17) is 19.3 Å². The molecule has 3 aromatic rings. The van der Waals surface area contributed by atoms with Gasteiger partial charge >= 0.3 is 0 Å². The largest absolute Gasteiger partial charge is 0.497 e. The van der Waals surface area contributed by atoms with E-state index in [0.717, 1.165) is 35.7 Å². The summed E-state index contributed by atoms with van der Waals surface area (Å²) in [5.74, 6) is 0.951. The van der Waals surface area contributed by atoms with Gasteiger partial charge in [-0.3, -0.25) is 14.5 Å². The van der Waals surface area contributed by atoms with Crippen molar-refractivity contribution in [3.05, 3.63) is 95.6 Å². The Balaban J connectivity index is 1.40. The molecule has 2 amide bonds. The first-order chi connectivity index (χ1) is 20.1. The molecular formula is C32H36N4O5. The van der Waals surface area contributed by atoms with Crippen molar-refractivity contribution in [1.82, 2.24) is 14.8 Å². The molecule has 0 saturated carbocycles. The van der Waals surface area contributed by atoms with Crippen molar-refractivity contribution in [1.29, 1.82) is 0 Å². The van der Waals surface area contributed by atoms with Gasteiger partial charge in [0.1, 0.15) is 18.0 Å². The van der Waals surface area contributed by atoms with E-state index in [1.165, 1.54) is 0 Å². The highest BCUT2D eigenvalue weighted by Gasteiger charge is 2.34. The number of carbonyl (C=O) groups excluding carboxylic acids is 2. The monoisotopic (exact) mass is 556 g/mol. The number of methoxy groups -OCH3 is 2. The highest BCUT2D eigenvalue weighted by atomic mass is 16.5. The first kappa shape index (κ1) is 28.3. The zero-order valence-electron chi connectivity index (χ0n) is 23.6. The van der Waals surface area contributed by atoms with Crippen LogP contribution in [-0.2, 0) is 9.53 Å². The molecule has 41 heavy (non-hydrogen) atoms. The summed E-state index contributed by atoms with van der Waals surface area (Å²) in [6.45, 7) is 3.91. The van der Waals surface area contributed by atoms with Crippen LogP contribution < -0.4 is 9.47 Å². The average Bonchev–Trinajstić information content (AvgIpc) is 3.49. The Bertz CT molecular complexity index is 1360. The van der Waals surface area contributed by atoms with Crippen LogP contribution in [0.5, 0.6) is 11.5 Å². The first-order valence-corrected chi connectivity index (χ1v) is 13.9. The number of nitrogens with zero attached hydrogens (tertiary/aromatic N) is 4. The molecule has 0 unspecified atom stereocenters. The van der Waals surface area contributed by atoms with E-state index < -0.39 is 0 Å². The predicted molar refractivity (Wildman–Crippen MR) is 156 cm³/mol. The standard InChI is InChI=1S/C32H36N4O5/c1-39-27-13-11-25(12-14-27)32(38)35(16-15-34-17-19-41-20-18-34)23-31(37)36-30(24-7-4-3-5-8-24)22-29(33-36)26-9-6-10-28(21-26)40-2/h3-14,21,30H,15-20,22-23H2,1-2H3/t30-/m1/s1. The molecule has 5 rings (SSSR count). The maximum atomic E-state index is 14.0. The molecule has 2 heterocycles. The number of rotatable bonds is 10. The Hall–Kier alpha value is -4.21. The van der Waals surface area contributed by atoms with Crippen molar-refractivity contribution >= 4 is 17.5 Å². The second-order valence-electron chi connectivity index (χ2n) is 10.1. The highest BCUT2D eigenvalue weighted by molar-refractivity contribution is 6.04. The van der Waals surface area contributed by atoms with Gasteiger partial charge in [-0.15, -0.1) is 0 Å². The van der Waals surface area contributed by atoms with E-state index in [0.29, 0.717) is 44.0 Å². The zero-order chi connectivity index (χ0) is 28.6. The first-order valence-electron chi connectivity index (χ1n) is 13.9. The second-order valence-corrected chi connectivity index (χ2v) is 10.1. The number of hydrogen-bond donors (Lipinski definition) is 0. The number of hydrazone groups is 1. The number of carbonyl (C=O) groups is 2. The lowest BCUT2D eigenvalue weighted by molar-refractivity contribution is -0.133. The van der Waals surface area contributed by atoms with Gasteiger partial charge in [-0.2, -0.15) is 5.10 Å². The van der Waals surface area contributed by atoms with Crippen LogP contribution in [0.4, 0.5) is 0 Å². The highest BCUT2D eigenvalue weighted by Crippen LogP contribution is 2.33. The SMILES string of the molecule is COc1ccc(C(=O)N(CCN2CCOCC2)CC(=O)N2N=C(c3cccc(OC)c3)C[C@@H]2c2ccccc2)cc1. The lowest BCUT2D eigenvalue weighted by atomic mass is 9.98. The quantitative estimate of drug-likeness (QED) is 0.377. The summed E-state index contributed by atoms with van der Waals surface area (Å²) in [7, 11) is 3.22. The summed E-state index contributed by atoms with van der Waals surface area (Å²) >= 11 is 0. The molecule has 0 radical (unpaired) electrons. The summed E-state index contributed by atoms with van der Waals surface area (Å²) in [6.07, 6.45) is 0.559. The second kappa shape index (κ2) is 13.4. The van der Waals surface area contributed by atoms with Gasteiger partial charge in [0.05, 0.1) is 39.2 Å². The van der Waals surface area contributed by atoms with E-state index in [1.807, 2.05) is 54.6 Å². The third-order valence-corrected chi connectivity index (χ3v) is 7.49. The molecule has 214 valence electrons. The number of amides is 2. The van der Waals surface area contributed by atoms with E-state index in [1.54, 1.807) is 48.4 Å². The molecule has 0 aliphatic carbocycles. The summed E-state index contributed by atoms with van der Waals surface area (Å²) in [4.78, 5) is 31.5. The normalized spacial score (nSPS) is 17.2. The molecule has 0 bridgehead atoms. The molecule has 1 saturated heterocycles. The van der Waals surface area contributed by atoms with E-state index >= 15 is 0 Å². The number of hydrogen-bond acceptors (Lipinski definition) is 7. The molecule has 0 N–H and O–H groups in total. The summed E-state index contributed by atoms with van der Waals surface area (Å²) in [5.41, 5.74) is 3.19. The minimum Gasteiger partial charge on any atom is -0.497 e. The predicted octanol–water partition coefficient (Wildman–Crippen LogP) is 3.86. The molecule has 0 spiro atoms. The van der Waals surface area contributed by atoms with Gasteiger partial charge < -0.3 is 19.1 Å². The average molecular weight is 557 g/mol. The maximum Gasteiger partial charge on any atom is 0.262 e. The van der Waals surface area contributed by atoms with Crippen LogP contribution in [0.1, 0.15) is 33.9 Å². The van der Waals surface area contributed by atoms with E-state index in [9.17, 15) is 9.59 Å². The number of ether oxygens (including phenoxy) is 3. The molecule has 3 aromatic carbocycles. The van der Waals surface area contributed by atoms with Gasteiger partial charge in [-0.25, -0.2) is 5.01 Å². The fourth-order valence-corrected chi connectivity index (χ4v) is 5.14. The summed E-state index contributed by atoms with van der Waals surface area (Å²) < 4.78 is 16.1. The zero-order valence-corrected chi connectivity index (χ0v) is 23.6. The molecule has 2 aliphatic rings. The molecular weight excluding hydrogens is 520 g/mol. The van der Waals surface area contributed by atoms with Gasteiger partial charge in [0.2, 0.25) is 0 Å². The van der Waals surface area contributed by atoms with Gasteiger partial charge in [0.15, 0.2) is 0 Å². The Kier molecular flexibility index (Phi) is 9.28. The van der Waals surface area contributed by atoms with Crippen molar-refractivity contribution in [2.75, 3.05) is 60.2 Å². The van der Waals surface area contributed by atoms with Gasteiger partial charge in [-0.05, 0) is 42.0 Å². The fraction of sp³-hybridized carbons (Fsp3) is 0.344. The van der Waals surface area contributed by atoms with Crippen LogP contribution >= 0.6 is 0 Å². The summed E-state index contributed by atoms with van der Waals surface area (Å²) in [6, 6.07) is 24.3. The fourth-order valence-electron chi connectivity index (χ4n) is 5.14. The van der Waals surface area contributed by atoms with Gasteiger partial charge in [0, 0.05) is 43.7 Å². The van der Waals surface area contributed by atoms with Crippen LogP contribution in [0.3, 0.4) is 0 Å². The molecule has 1 fully saturated rings. The third-order valence-electron chi connectivity index (χ3n) is 7.49. The van der Waals surface area contributed by atoms with Gasteiger partial charge in [0.25, 0.3) is 11.8 Å². The van der Waals surface area contributed by atoms with Crippen molar-refractivity contribution in [3.63, 3.8) is 0 Å². The van der Waals surface area contributed by atoms with Crippen molar-refractivity contribution in [3.8, 4) is 11.5 Å². The van der Waals surface area contributed by atoms with Crippen LogP contribution in [0.15, 0.2) is 84.0 Å². The van der Waals surface area contributed by atoms with Crippen LogP contribution in [-0.4, -0.2) is 92.5 Å². The van der Waals surface area contributed by atoms with Crippen molar-refractivity contribution in [2.24, 2.45) is 5.10 Å². The Morgan fingerprint density at radius 3 is 2.37 bits per heavy atom. The lowest BCUT2D eigenvalue weighted by Crippen LogP contribution is -2.46. The molecule has 0 aromatic heterocycles. The maximum absolute atomic E-state index is 14.0. The Morgan fingerprint density at radius 1 is 0.927 bits per heavy atom. The molecule has 2 aliphatic heterocycles. The van der Waals surface area contributed by atoms with Crippen LogP contribution in [0, 0.1) is 0 Å². The van der Waals surface area contributed by atoms with Crippen molar-refractivity contribution < 1.29 is 23.8 Å². The number of morpholine rings is 1.